The Morgan fingerprint density at radius 1 is 1.33 bits per heavy atom. The first-order valence-electron chi connectivity index (χ1n) is 7.80. The van der Waals surface area contributed by atoms with Gasteiger partial charge < -0.3 is 15.0 Å². The molecule has 0 amide bonds. The van der Waals surface area contributed by atoms with Crippen molar-refractivity contribution in [1.29, 1.82) is 0 Å². The van der Waals surface area contributed by atoms with Gasteiger partial charge >= 0.3 is 5.97 Å². The van der Waals surface area contributed by atoms with Crippen molar-refractivity contribution in [3.05, 3.63) is 0 Å². The van der Waals surface area contributed by atoms with E-state index in [1.165, 1.54) is 0 Å². The van der Waals surface area contributed by atoms with Gasteiger partial charge in [0.2, 0.25) is 11.9 Å². The average molecular weight is 293 g/mol. The van der Waals surface area contributed by atoms with Crippen LogP contribution in [0.25, 0.3) is 0 Å². The number of piperidine rings is 1. The van der Waals surface area contributed by atoms with Crippen molar-refractivity contribution in [2.75, 3.05) is 29.9 Å². The molecule has 1 aromatic heterocycles. The number of nitrogens with zero attached hydrogens (tertiary/aromatic N) is 4. The molecule has 2 aliphatic rings. The normalized spacial score (nSPS) is 22.6. The van der Waals surface area contributed by atoms with Gasteiger partial charge in [-0.3, -0.25) is 4.79 Å². The van der Waals surface area contributed by atoms with Crippen LogP contribution in [-0.4, -0.2) is 46.5 Å². The van der Waals surface area contributed by atoms with Crippen LogP contribution >= 0.6 is 0 Å². The molecule has 0 radical (unpaired) electrons. The van der Waals surface area contributed by atoms with E-state index in [0.717, 1.165) is 50.8 Å². The minimum atomic E-state index is -0.0651. The highest BCUT2D eigenvalue weighted by molar-refractivity contribution is 5.72. The maximum Gasteiger partial charge on any atom is 0.309 e. The Balaban J connectivity index is 1.61. The molecule has 0 aromatic carbocycles. The van der Waals surface area contributed by atoms with Gasteiger partial charge in [-0.05, 0) is 33.1 Å². The molecule has 3 rings (SSSR count). The highest BCUT2D eigenvalue weighted by Gasteiger charge is 2.28. The van der Waals surface area contributed by atoms with E-state index in [4.69, 9.17) is 4.74 Å². The summed E-state index contributed by atoms with van der Waals surface area (Å²) in [5, 5.41) is 7.92. The predicted molar refractivity (Wildman–Crippen MR) is 79.3 cm³/mol. The van der Waals surface area contributed by atoms with Crippen molar-refractivity contribution in [1.82, 2.24) is 14.8 Å². The molecule has 7 nitrogen and oxygen atoms in total. The molecule has 21 heavy (non-hydrogen) atoms. The lowest BCUT2D eigenvalue weighted by atomic mass is 9.97. The fourth-order valence-corrected chi connectivity index (χ4v) is 2.91. The molecule has 0 spiro atoms. The smallest absolute Gasteiger partial charge is 0.309 e. The number of aryl methyl sites for hydroxylation is 1. The second-order valence-corrected chi connectivity index (χ2v) is 5.81. The number of nitrogens with one attached hydrogen (secondary N) is 1. The minimum absolute atomic E-state index is 0.0246. The van der Waals surface area contributed by atoms with E-state index in [2.05, 4.69) is 27.2 Å². The van der Waals surface area contributed by atoms with Gasteiger partial charge in [0.25, 0.3) is 0 Å². The van der Waals surface area contributed by atoms with Crippen molar-refractivity contribution in [2.45, 2.75) is 45.7 Å². The monoisotopic (exact) mass is 293 g/mol. The minimum Gasteiger partial charge on any atom is -0.466 e. The van der Waals surface area contributed by atoms with Gasteiger partial charge in [0.1, 0.15) is 0 Å². The van der Waals surface area contributed by atoms with Crippen LogP contribution in [0.5, 0.6) is 0 Å². The van der Waals surface area contributed by atoms with E-state index >= 15 is 0 Å². The second-order valence-electron chi connectivity index (χ2n) is 5.81. The number of esters is 1. The molecule has 7 heteroatoms. The average Bonchev–Trinajstić information content (AvgIpc) is 2.90. The summed E-state index contributed by atoms with van der Waals surface area (Å²) in [6, 6.07) is 0.448. The zero-order valence-corrected chi connectivity index (χ0v) is 12.7. The molecule has 0 saturated carbocycles. The van der Waals surface area contributed by atoms with Crippen molar-refractivity contribution >= 4 is 17.9 Å². The number of rotatable bonds is 3. The second kappa shape index (κ2) is 5.91. The zero-order chi connectivity index (χ0) is 14.8. The Labute approximate surface area is 124 Å². The lowest BCUT2D eigenvalue weighted by molar-refractivity contribution is -0.148. The number of fused-ring (bicyclic) bond motifs is 1. The Kier molecular flexibility index (Phi) is 3.98. The summed E-state index contributed by atoms with van der Waals surface area (Å²) < 4.78 is 7.03. The molecule has 1 atom stereocenters. The van der Waals surface area contributed by atoms with Crippen LogP contribution in [-0.2, 0) is 16.1 Å². The zero-order valence-electron chi connectivity index (χ0n) is 12.7. The van der Waals surface area contributed by atoms with E-state index in [9.17, 15) is 4.79 Å². The fourth-order valence-electron chi connectivity index (χ4n) is 2.91. The van der Waals surface area contributed by atoms with Crippen LogP contribution in [0.3, 0.4) is 0 Å². The Hall–Kier alpha value is -1.79. The Morgan fingerprint density at radius 3 is 2.81 bits per heavy atom. The van der Waals surface area contributed by atoms with Gasteiger partial charge in [-0.15, -0.1) is 5.10 Å². The Morgan fingerprint density at radius 2 is 2.10 bits per heavy atom. The topological polar surface area (TPSA) is 72.3 Å². The molecular formula is C14H23N5O2. The number of hydrogen-bond donors (Lipinski definition) is 1. The van der Waals surface area contributed by atoms with Gasteiger partial charge in [-0.2, -0.15) is 4.98 Å². The van der Waals surface area contributed by atoms with E-state index in [1.807, 2.05) is 11.6 Å². The lowest BCUT2D eigenvalue weighted by Gasteiger charge is -2.29. The molecule has 0 bridgehead atoms. The van der Waals surface area contributed by atoms with Crippen LogP contribution in [0, 0.1) is 5.92 Å². The van der Waals surface area contributed by atoms with Crippen LogP contribution in [0.1, 0.15) is 33.1 Å². The third kappa shape index (κ3) is 2.96. The van der Waals surface area contributed by atoms with Crippen molar-refractivity contribution < 1.29 is 9.53 Å². The maximum atomic E-state index is 11.8. The highest BCUT2D eigenvalue weighted by Crippen LogP contribution is 2.24. The molecule has 1 aromatic rings. The largest absolute Gasteiger partial charge is 0.466 e. The van der Waals surface area contributed by atoms with Gasteiger partial charge in [0.15, 0.2) is 0 Å². The molecule has 1 fully saturated rings. The van der Waals surface area contributed by atoms with E-state index in [0.29, 0.717) is 12.6 Å². The fraction of sp³-hybridized carbons (Fsp3) is 0.786. The number of carbonyl (C=O) groups excluding carboxylic acids is 1. The molecule has 3 heterocycles. The van der Waals surface area contributed by atoms with Crippen molar-refractivity contribution in [3.63, 3.8) is 0 Å². The first-order valence-corrected chi connectivity index (χ1v) is 7.80. The third-order valence-corrected chi connectivity index (χ3v) is 4.21. The predicted octanol–water partition coefficient (Wildman–Crippen LogP) is 1.26. The number of anilines is 2. The van der Waals surface area contributed by atoms with E-state index in [1.54, 1.807) is 0 Å². The van der Waals surface area contributed by atoms with Crippen LogP contribution in [0.4, 0.5) is 11.9 Å². The number of ether oxygens (including phenoxy) is 1. The summed E-state index contributed by atoms with van der Waals surface area (Å²) in [4.78, 5) is 18.5. The van der Waals surface area contributed by atoms with Crippen LogP contribution in [0.2, 0.25) is 0 Å². The van der Waals surface area contributed by atoms with Gasteiger partial charge in [0, 0.05) is 25.7 Å². The van der Waals surface area contributed by atoms with Crippen molar-refractivity contribution in [2.24, 2.45) is 5.92 Å². The van der Waals surface area contributed by atoms with Gasteiger partial charge in [-0.1, -0.05) is 0 Å². The summed E-state index contributed by atoms with van der Waals surface area (Å²) in [6.07, 6.45) is 2.69. The van der Waals surface area contributed by atoms with Crippen molar-refractivity contribution in [3.8, 4) is 0 Å². The van der Waals surface area contributed by atoms with Crippen LogP contribution < -0.4 is 10.2 Å². The quantitative estimate of drug-likeness (QED) is 0.846. The number of carbonyl (C=O) groups is 1. The summed E-state index contributed by atoms with van der Waals surface area (Å²) in [5.41, 5.74) is 0. The van der Waals surface area contributed by atoms with Gasteiger partial charge in [-0.25, -0.2) is 4.68 Å². The molecule has 1 saturated heterocycles. The third-order valence-electron chi connectivity index (χ3n) is 4.21. The lowest BCUT2D eigenvalue weighted by Crippen LogP contribution is -2.37. The van der Waals surface area contributed by atoms with E-state index < -0.39 is 0 Å². The summed E-state index contributed by atoms with van der Waals surface area (Å²) in [7, 11) is 0. The maximum absolute atomic E-state index is 11.8. The first-order chi connectivity index (χ1) is 10.2. The molecule has 2 aliphatic heterocycles. The van der Waals surface area contributed by atoms with Gasteiger partial charge in [0.05, 0.1) is 12.5 Å². The molecule has 116 valence electrons. The number of hydrogen-bond acceptors (Lipinski definition) is 6. The first kappa shape index (κ1) is 14.2. The summed E-state index contributed by atoms with van der Waals surface area (Å²) in [6.45, 7) is 6.99. The molecule has 1 unspecified atom stereocenters. The number of aromatic nitrogens is 3. The Bertz CT molecular complexity index is 507. The van der Waals surface area contributed by atoms with Crippen LogP contribution in [0.15, 0.2) is 0 Å². The SMILES string of the molecule is CCOC(=O)C1CCN(c2nc3n(n2)CCC(C)N3)CC1. The molecular weight excluding hydrogens is 270 g/mol. The molecule has 1 N–H and O–H groups in total. The summed E-state index contributed by atoms with van der Waals surface area (Å²) >= 11 is 0. The standard InChI is InChI=1S/C14H23N5O2/c1-3-21-12(20)11-5-7-18(8-6-11)14-16-13-15-10(2)4-9-19(13)17-14/h10-11H,3-9H2,1-2H3,(H,15,16,17). The molecule has 0 aliphatic carbocycles. The summed E-state index contributed by atoms with van der Waals surface area (Å²) in [5.74, 6) is 1.59. The van der Waals surface area contributed by atoms with E-state index in [-0.39, 0.29) is 11.9 Å². The highest BCUT2D eigenvalue weighted by atomic mass is 16.5.